The first-order chi connectivity index (χ1) is 15.6. The number of amides is 1. The lowest BCUT2D eigenvalue weighted by molar-refractivity contribution is -0.122. The van der Waals surface area contributed by atoms with Gasteiger partial charge in [0.1, 0.15) is 0 Å². The summed E-state index contributed by atoms with van der Waals surface area (Å²) in [5, 5.41) is 3.93. The van der Waals surface area contributed by atoms with Gasteiger partial charge in [0, 0.05) is 53.3 Å². The fraction of sp³-hybridized carbons (Fsp3) is 0.167. The molecule has 0 saturated carbocycles. The smallest absolute Gasteiger partial charge is 0.259 e. The van der Waals surface area contributed by atoms with E-state index >= 15 is 0 Å². The van der Waals surface area contributed by atoms with Gasteiger partial charge < -0.3 is 20.6 Å². The lowest BCUT2D eigenvalue weighted by atomic mass is 10.0. The molecular formula is C24H21N5O3. The average Bonchev–Trinajstić information content (AvgIpc) is 3.42. The minimum atomic E-state index is -0.739. The number of hydrogen-bond acceptors (Lipinski definition) is 5. The van der Waals surface area contributed by atoms with Gasteiger partial charge in [0.2, 0.25) is 5.91 Å². The van der Waals surface area contributed by atoms with Crippen molar-refractivity contribution in [1.82, 2.24) is 19.9 Å². The molecule has 8 heteroatoms. The number of pyridine rings is 1. The van der Waals surface area contributed by atoms with Gasteiger partial charge in [-0.1, -0.05) is 42.5 Å². The average molecular weight is 427 g/mol. The molecule has 0 unspecified atom stereocenters. The Balaban J connectivity index is 1.46. The maximum Gasteiger partial charge on any atom is 0.259 e. The molecule has 0 saturated heterocycles. The van der Waals surface area contributed by atoms with Crippen LogP contribution >= 0.6 is 0 Å². The number of ketones is 1. The number of carbonyl (C=O) groups is 2. The Hall–Kier alpha value is -4.04. The van der Waals surface area contributed by atoms with Gasteiger partial charge in [0.15, 0.2) is 5.78 Å². The van der Waals surface area contributed by atoms with Crippen molar-refractivity contribution in [2.75, 3.05) is 6.54 Å². The number of aromatic amines is 1. The molecule has 4 N–H and O–H groups in total. The first-order valence-corrected chi connectivity index (χ1v) is 10.4. The second-order valence-corrected chi connectivity index (χ2v) is 7.78. The Labute approximate surface area is 183 Å². The number of H-pyrrole nitrogens is 1. The number of fused-ring (bicyclic) bond motifs is 5. The molecule has 4 aromatic rings. The molecule has 8 nitrogen and oxygen atoms in total. The van der Waals surface area contributed by atoms with Crippen LogP contribution in [0.1, 0.15) is 21.6 Å². The van der Waals surface area contributed by atoms with Crippen LogP contribution in [-0.4, -0.2) is 38.8 Å². The topological polar surface area (TPSA) is 123 Å². The van der Waals surface area contributed by atoms with Crippen molar-refractivity contribution in [3.8, 4) is 11.3 Å². The second-order valence-electron chi connectivity index (χ2n) is 7.78. The van der Waals surface area contributed by atoms with Crippen LogP contribution in [-0.2, 0) is 17.8 Å². The normalized spacial score (nSPS) is 13.1. The van der Waals surface area contributed by atoms with E-state index in [1.807, 2.05) is 24.3 Å². The summed E-state index contributed by atoms with van der Waals surface area (Å²) in [4.78, 5) is 45.8. The highest BCUT2D eigenvalue weighted by Crippen LogP contribution is 2.38. The molecule has 0 radical (unpaired) electrons. The third-order valence-electron chi connectivity index (χ3n) is 5.80. The molecule has 1 atom stereocenters. The van der Waals surface area contributed by atoms with Crippen LogP contribution in [0.25, 0.3) is 22.0 Å². The summed E-state index contributed by atoms with van der Waals surface area (Å²) in [6.45, 7) is 0.423. The highest BCUT2D eigenvalue weighted by Gasteiger charge is 2.32. The molecule has 1 amide bonds. The number of benzene rings is 2. The first kappa shape index (κ1) is 19.9. The summed E-state index contributed by atoms with van der Waals surface area (Å²) in [7, 11) is 0. The number of rotatable bonds is 6. The van der Waals surface area contributed by atoms with E-state index in [0.29, 0.717) is 34.0 Å². The molecule has 0 fully saturated rings. The van der Waals surface area contributed by atoms with Gasteiger partial charge in [-0.15, -0.1) is 0 Å². The lowest BCUT2D eigenvalue weighted by Crippen LogP contribution is -2.43. The van der Waals surface area contributed by atoms with Crippen molar-refractivity contribution in [2.45, 2.75) is 19.0 Å². The van der Waals surface area contributed by atoms with Crippen molar-refractivity contribution in [3.05, 3.63) is 88.2 Å². The van der Waals surface area contributed by atoms with Gasteiger partial charge in [-0.25, -0.2) is 4.98 Å². The van der Waals surface area contributed by atoms with E-state index in [1.54, 1.807) is 35.0 Å². The Bertz CT molecular complexity index is 1410. The Morgan fingerprint density at radius 2 is 1.78 bits per heavy atom. The van der Waals surface area contributed by atoms with E-state index < -0.39 is 6.04 Å². The van der Waals surface area contributed by atoms with Crippen LogP contribution in [0.3, 0.4) is 0 Å². The summed E-state index contributed by atoms with van der Waals surface area (Å²) >= 11 is 0. The van der Waals surface area contributed by atoms with E-state index in [0.717, 1.165) is 11.3 Å². The number of aromatic nitrogens is 3. The number of nitrogens with two attached hydrogens (primary N) is 1. The van der Waals surface area contributed by atoms with Gasteiger partial charge in [0.05, 0.1) is 23.6 Å². The largest absolute Gasteiger partial charge is 0.353 e. The lowest BCUT2D eigenvalue weighted by Gasteiger charge is -2.16. The van der Waals surface area contributed by atoms with Gasteiger partial charge in [-0.2, -0.15) is 0 Å². The molecule has 0 aliphatic heterocycles. The van der Waals surface area contributed by atoms with E-state index in [-0.39, 0.29) is 30.3 Å². The molecule has 2 aromatic carbocycles. The summed E-state index contributed by atoms with van der Waals surface area (Å²) in [5.74, 6) is -0.410. The van der Waals surface area contributed by atoms with Gasteiger partial charge in [-0.3, -0.25) is 14.4 Å². The standard InChI is InChI=1S/C24H21N5O3/c25-19(11-14-12-26-13-28-14)23(31)27-9-10-29-21-16-6-2-3-7-17(16)22(30)20(21)15-5-1-4-8-18(15)24(29)32/h1-8,12-13,19H,9-11,25H2,(H,26,28)(H,27,31)/t19-/m1/s1. The quantitative estimate of drug-likeness (QED) is 0.380. The van der Waals surface area contributed by atoms with Crippen LogP contribution in [0.2, 0.25) is 0 Å². The van der Waals surface area contributed by atoms with Crippen LogP contribution < -0.4 is 16.6 Å². The summed E-state index contributed by atoms with van der Waals surface area (Å²) in [6.07, 6.45) is 3.49. The summed E-state index contributed by atoms with van der Waals surface area (Å²) in [6, 6.07) is 13.7. The SMILES string of the molecule is N[C@H](Cc1cnc[nH]1)C(=O)NCCn1c2c(c3ccccc3c1=O)C(=O)c1ccccc1-2. The third-order valence-corrected chi connectivity index (χ3v) is 5.80. The molecule has 160 valence electrons. The minimum Gasteiger partial charge on any atom is -0.353 e. The zero-order chi connectivity index (χ0) is 22.2. The fourth-order valence-corrected chi connectivity index (χ4v) is 4.29. The number of carbonyl (C=O) groups excluding carboxylic acids is 2. The van der Waals surface area contributed by atoms with Crippen molar-refractivity contribution >= 4 is 22.5 Å². The van der Waals surface area contributed by atoms with Gasteiger partial charge in [-0.05, 0) is 6.07 Å². The molecule has 1 aliphatic rings. The highest BCUT2D eigenvalue weighted by molar-refractivity contribution is 6.26. The van der Waals surface area contributed by atoms with Crippen LogP contribution in [0.15, 0.2) is 65.8 Å². The molecule has 5 rings (SSSR count). The van der Waals surface area contributed by atoms with Gasteiger partial charge >= 0.3 is 0 Å². The molecular weight excluding hydrogens is 406 g/mol. The zero-order valence-corrected chi connectivity index (χ0v) is 17.2. The van der Waals surface area contributed by atoms with Crippen molar-refractivity contribution in [3.63, 3.8) is 0 Å². The molecule has 2 aromatic heterocycles. The molecule has 0 bridgehead atoms. The number of imidazole rings is 1. The first-order valence-electron chi connectivity index (χ1n) is 10.4. The van der Waals surface area contributed by atoms with Gasteiger partial charge in [0.25, 0.3) is 5.56 Å². The van der Waals surface area contributed by atoms with Crippen molar-refractivity contribution in [1.29, 1.82) is 0 Å². The van der Waals surface area contributed by atoms with E-state index in [9.17, 15) is 14.4 Å². The fourth-order valence-electron chi connectivity index (χ4n) is 4.29. The Morgan fingerprint density at radius 1 is 1.06 bits per heavy atom. The minimum absolute atomic E-state index is 0.0915. The maximum absolute atomic E-state index is 13.3. The molecule has 1 aliphatic carbocycles. The van der Waals surface area contributed by atoms with Crippen LogP contribution in [0.5, 0.6) is 0 Å². The monoisotopic (exact) mass is 427 g/mol. The van der Waals surface area contributed by atoms with E-state index in [4.69, 9.17) is 5.73 Å². The number of nitrogens with zero attached hydrogens (tertiary/aromatic N) is 2. The third kappa shape index (κ3) is 3.21. The predicted molar refractivity (Wildman–Crippen MR) is 120 cm³/mol. The number of nitrogens with one attached hydrogen (secondary N) is 2. The maximum atomic E-state index is 13.3. The molecule has 0 spiro atoms. The van der Waals surface area contributed by atoms with Crippen LogP contribution in [0.4, 0.5) is 0 Å². The van der Waals surface area contributed by atoms with Crippen molar-refractivity contribution < 1.29 is 9.59 Å². The Morgan fingerprint density at radius 3 is 2.53 bits per heavy atom. The predicted octanol–water partition coefficient (Wildman–Crippen LogP) is 1.62. The van der Waals surface area contributed by atoms with Crippen molar-refractivity contribution in [2.24, 2.45) is 5.73 Å². The molecule has 2 heterocycles. The van der Waals surface area contributed by atoms with Crippen LogP contribution in [0, 0.1) is 0 Å². The van der Waals surface area contributed by atoms with E-state index in [2.05, 4.69) is 15.3 Å². The second kappa shape index (κ2) is 7.90. The summed E-state index contributed by atoms with van der Waals surface area (Å²) < 4.78 is 1.59. The Kier molecular flexibility index (Phi) is 4.91. The van der Waals surface area contributed by atoms with E-state index in [1.165, 1.54) is 6.33 Å². The summed E-state index contributed by atoms with van der Waals surface area (Å²) in [5.41, 5.74) is 9.01. The highest BCUT2D eigenvalue weighted by atomic mass is 16.2. The molecule has 32 heavy (non-hydrogen) atoms. The number of hydrogen-bond donors (Lipinski definition) is 3. The zero-order valence-electron chi connectivity index (χ0n) is 17.2.